The molecule has 1 aromatic rings. The molecule has 1 fully saturated rings. The van der Waals surface area contributed by atoms with E-state index >= 15 is 0 Å². The van der Waals surface area contributed by atoms with Gasteiger partial charge in [0.2, 0.25) is 0 Å². The maximum atomic E-state index is 10.1. The summed E-state index contributed by atoms with van der Waals surface area (Å²) >= 11 is 0. The lowest BCUT2D eigenvalue weighted by molar-refractivity contribution is -0.258. The number of aliphatic hydroxyl groups excluding tert-OH is 1. The van der Waals surface area contributed by atoms with Crippen LogP contribution in [0.2, 0.25) is 0 Å². The molecule has 1 N–H and O–H groups in total. The average Bonchev–Trinajstić information content (AvgIpc) is 2.80. The van der Waals surface area contributed by atoms with Gasteiger partial charge in [-0.25, -0.2) is 0 Å². The van der Waals surface area contributed by atoms with Crippen LogP contribution in [0.4, 0.5) is 0 Å². The Morgan fingerprint density at radius 2 is 2.06 bits per heavy atom. The standard InChI is InChI=1S/C12H18O4/c1-7-10(13)8(2)12(14-3)16-11(7)9-5-4-6-15-9/h4-8,10-13H,1-3H3/t7-,8-,10+,11+,12-/m1/s1. The van der Waals surface area contributed by atoms with E-state index in [2.05, 4.69) is 0 Å². The molecule has 0 saturated carbocycles. The van der Waals surface area contributed by atoms with E-state index in [0.29, 0.717) is 0 Å². The van der Waals surface area contributed by atoms with Crippen molar-refractivity contribution in [3.05, 3.63) is 24.2 Å². The van der Waals surface area contributed by atoms with Crippen LogP contribution in [0.15, 0.2) is 22.8 Å². The van der Waals surface area contributed by atoms with Crippen molar-refractivity contribution in [2.45, 2.75) is 32.3 Å². The van der Waals surface area contributed by atoms with Gasteiger partial charge in [0, 0.05) is 18.9 Å². The third-order valence-corrected chi connectivity index (χ3v) is 3.32. The van der Waals surface area contributed by atoms with Gasteiger partial charge in [0.05, 0.1) is 12.4 Å². The molecule has 1 aliphatic heterocycles. The zero-order valence-electron chi connectivity index (χ0n) is 9.79. The van der Waals surface area contributed by atoms with Crippen LogP contribution >= 0.6 is 0 Å². The molecule has 2 heterocycles. The fourth-order valence-electron chi connectivity index (χ4n) is 2.26. The average molecular weight is 226 g/mol. The summed E-state index contributed by atoms with van der Waals surface area (Å²) in [5, 5.41) is 10.1. The van der Waals surface area contributed by atoms with E-state index in [1.54, 1.807) is 13.4 Å². The van der Waals surface area contributed by atoms with Crippen molar-refractivity contribution in [2.75, 3.05) is 7.11 Å². The Bertz CT molecular complexity index is 320. The molecule has 90 valence electrons. The minimum Gasteiger partial charge on any atom is -0.467 e. The lowest BCUT2D eigenvalue weighted by Crippen LogP contribution is -2.45. The summed E-state index contributed by atoms with van der Waals surface area (Å²) in [6.45, 7) is 3.88. The van der Waals surface area contributed by atoms with Crippen LogP contribution in [-0.2, 0) is 9.47 Å². The summed E-state index contributed by atoms with van der Waals surface area (Å²) in [5.74, 6) is 0.694. The number of rotatable bonds is 2. The van der Waals surface area contributed by atoms with Crippen molar-refractivity contribution in [2.24, 2.45) is 11.8 Å². The SMILES string of the molecule is CO[C@@H]1O[C@H](c2ccco2)[C@H](C)[C@H](O)[C@H]1C. The van der Waals surface area contributed by atoms with Gasteiger partial charge >= 0.3 is 0 Å². The van der Waals surface area contributed by atoms with E-state index < -0.39 is 6.10 Å². The molecule has 0 spiro atoms. The number of aliphatic hydroxyl groups is 1. The van der Waals surface area contributed by atoms with E-state index in [1.165, 1.54) is 0 Å². The monoisotopic (exact) mass is 226 g/mol. The molecule has 16 heavy (non-hydrogen) atoms. The molecule has 0 unspecified atom stereocenters. The van der Waals surface area contributed by atoms with E-state index in [0.717, 1.165) is 5.76 Å². The van der Waals surface area contributed by atoms with Crippen LogP contribution in [0, 0.1) is 11.8 Å². The highest BCUT2D eigenvalue weighted by atomic mass is 16.7. The minimum absolute atomic E-state index is 0.00690. The Hall–Kier alpha value is -0.840. The van der Waals surface area contributed by atoms with Gasteiger partial charge in [-0.05, 0) is 12.1 Å². The van der Waals surface area contributed by atoms with Crippen molar-refractivity contribution in [3.63, 3.8) is 0 Å². The Balaban J connectivity index is 2.20. The summed E-state index contributed by atoms with van der Waals surface area (Å²) in [7, 11) is 1.59. The maximum Gasteiger partial charge on any atom is 0.163 e. The summed E-state index contributed by atoms with van der Waals surface area (Å²) < 4.78 is 16.4. The molecule has 5 atom stereocenters. The fourth-order valence-corrected chi connectivity index (χ4v) is 2.26. The predicted octanol–water partition coefficient (Wildman–Crippen LogP) is 1.96. The maximum absolute atomic E-state index is 10.1. The summed E-state index contributed by atoms with van der Waals surface area (Å²) in [6, 6.07) is 3.67. The van der Waals surface area contributed by atoms with E-state index in [9.17, 15) is 5.11 Å². The molecule has 1 saturated heterocycles. The molecule has 0 bridgehead atoms. The topological polar surface area (TPSA) is 51.8 Å². The molecule has 1 aliphatic rings. The number of ether oxygens (including phenoxy) is 2. The van der Waals surface area contributed by atoms with Crippen molar-refractivity contribution in [1.29, 1.82) is 0 Å². The van der Waals surface area contributed by atoms with Crippen LogP contribution in [0.25, 0.3) is 0 Å². The van der Waals surface area contributed by atoms with Crippen LogP contribution < -0.4 is 0 Å². The lowest BCUT2D eigenvalue weighted by atomic mass is 9.85. The van der Waals surface area contributed by atoms with Gasteiger partial charge in [0.25, 0.3) is 0 Å². The van der Waals surface area contributed by atoms with E-state index in [4.69, 9.17) is 13.9 Å². The number of hydrogen-bond donors (Lipinski definition) is 1. The van der Waals surface area contributed by atoms with Crippen LogP contribution in [0.5, 0.6) is 0 Å². The van der Waals surface area contributed by atoms with Gasteiger partial charge in [-0.3, -0.25) is 0 Å². The van der Waals surface area contributed by atoms with Gasteiger partial charge in [-0.1, -0.05) is 13.8 Å². The molecular formula is C12H18O4. The second-order valence-corrected chi connectivity index (χ2v) is 4.39. The van der Waals surface area contributed by atoms with Gasteiger partial charge in [0.15, 0.2) is 6.29 Å². The van der Waals surface area contributed by atoms with Crippen LogP contribution in [0.3, 0.4) is 0 Å². The minimum atomic E-state index is -0.450. The lowest BCUT2D eigenvalue weighted by Gasteiger charge is -2.40. The predicted molar refractivity (Wildman–Crippen MR) is 57.7 cm³/mol. The molecule has 0 amide bonds. The second kappa shape index (κ2) is 4.57. The summed E-state index contributed by atoms with van der Waals surface area (Å²) in [5.41, 5.74) is 0. The number of hydrogen-bond acceptors (Lipinski definition) is 4. The summed E-state index contributed by atoms with van der Waals surface area (Å²) in [4.78, 5) is 0. The van der Waals surface area contributed by atoms with Gasteiger partial charge in [-0.15, -0.1) is 0 Å². The third kappa shape index (κ3) is 1.88. The Morgan fingerprint density at radius 3 is 2.62 bits per heavy atom. The van der Waals surface area contributed by atoms with Crippen molar-refractivity contribution in [3.8, 4) is 0 Å². The largest absolute Gasteiger partial charge is 0.467 e. The number of methoxy groups -OCH3 is 1. The molecule has 4 heteroatoms. The Labute approximate surface area is 95.2 Å². The zero-order valence-corrected chi connectivity index (χ0v) is 9.79. The van der Waals surface area contributed by atoms with Gasteiger partial charge < -0.3 is 19.0 Å². The third-order valence-electron chi connectivity index (χ3n) is 3.32. The molecule has 4 nitrogen and oxygen atoms in total. The first kappa shape index (κ1) is 11.6. The van der Waals surface area contributed by atoms with Crippen molar-refractivity contribution in [1.82, 2.24) is 0 Å². The van der Waals surface area contributed by atoms with Gasteiger partial charge in [-0.2, -0.15) is 0 Å². The molecule has 1 aromatic heterocycles. The zero-order chi connectivity index (χ0) is 11.7. The number of furan rings is 1. The second-order valence-electron chi connectivity index (χ2n) is 4.39. The Kier molecular flexibility index (Phi) is 3.33. The first-order chi connectivity index (χ1) is 7.65. The highest BCUT2D eigenvalue weighted by Gasteiger charge is 2.42. The highest BCUT2D eigenvalue weighted by molar-refractivity contribution is 5.06. The molecule has 0 radical (unpaired) electrons. The fraction of sp³-hybridized carbons (Fsp3) is 0.667. The Morgan fingerprint density at radius 1 is 1.31 bits per heavy atom. The smallest absolute Gasteiger partial charge is 0.163 e. The normalized spacial score (nSPS) is 39.9. The first-order valence-corrected chi connectivity index (χ1v) is 5.55. The highest BCUT2D eigenvalue weighted by Crippen LogP contribution is 2.39. The van der Waals surface area contributed by atoms with Crippen molar-refractivity contribution < 1.29 is 19.0 Å². The molecule has 0 aromatic carbocycles. The van der Waals surface area contributed by atoms with E-state index in [-0.39, 0.29) is 24.2 Å². The molecule has 2 rings (SSSR count). The molecular weight excluding hydrogens is 208 g/mol. The summed E-state index contributed by atoms with van der Waals surface area (Å²) in [6.07, 6.45) is 0.527. The quantitative estimate of drug-likeness (QED) is 0.837. The first-order valence-electron chi connectivity index (χ1n) is 5.55. The van der Waals surface area contributed by atoms with E-state index in [1.807, 2.05) is 26.0 Å². The van der Waals surface area contributed by atoms with Gasteiger partial charge in [0.1, 0.15) is 11.9 Å². The molecule has 0 aliphatic carbocycles. The van der Waals surface area contributed by atoms with Crippen LogP contribution in [0.1, 0.15) is 25.7 Å². The van der Waals surface area contributed by atoms with Crippen LogP contribution in [-0.4, -0.2) is 24.6 Å². The van der Waals surface area contributed by atoms with Crippen molar-refractivity contribution >= 4 is 0 Å².